The van der Waals surface area contributed by atoms with Crippen molar-refractivity contribution in [2.75, 3.05) is 7.11 Å². The molecular formula is CH5KO4S. The standard InChI is InChI=1S/CH4O4S.K.H/c1-5-6(2,3)4;;/h1H3,(H,2,3,4);;/q;+1;-1. The van der Waals surface area contributed by atoms with Crippen molar-refractivity contribution in [1.82, 2.24) is 0 Å². The summed E-state index contributed by atoms with van der Waals surface area (Å²) < 4.78 is 29.7. The topological polar surface area (TPSA) is 63.6 Å². The van der Waals surface area contributed by atoms with Crippen molar-refractivity contribution in [3.05, 3.63) is 0 Å². The number of rotatable bonds is 1. The minimum atomic E-state index is -4.16. The minimum Gasteiger partial charge on any atom is -1.00 e. The van der Waals surface area contributed by atoms with Gasteiger partial charge in [-0.3, -0.25) is 8.74 Å². The molecule has 4 nitrogen and oxygen atoms in total. The van der Waals surface area contributed by atoms with E-state index in [2.05, 4.69) is 4.18 Å². The van der Waals surface area contributed by atoms with Crippen molar-refractivity contribution in [3.63, 3.8) is 0 Å². The molecule has 0 atom stereocenters. The molecule has 0 fully saturated rings. The van der Waals surface area contributed by atoms with Gasteiger partial charge in [0, 0.05) is 0 Å². The maximum Gasteiger partial charge on any atom is 1.00 e. The first kappa shape index (κ1) is 11.3. The van der Waals surface area contributed by atoms with Crippen LogP contribution in [0.5, 0.6) is 0 Å². The van der Waals surface area contributed by atoms with Crippen LogP contribution in [0.4, 0.5) is 0 Å². The van der Waals surface area contributed by atoms with Crippen LogP contribution in [0.15, 0.2) is 0 Å². The average Bonchev–Trinajstić information content (AvgIpc) is 1.35. The summed E-state index contributed by atoms with van der Waals surface area (Å²) in [6.07, 6.45) is 0. The normalized spacial score (nSPS) is 10.0. The molecule has 0 aliphatic heterocycles. The van der Waals surface area contributed by atoms with E-state index in [0.717, 1.165) is 7.11 Å². The summed E-state index contributed by atoms with van der Waals surface area (Å²) in [4.78, 5) is 0. The SMILES string of the molecule is COS(=O)(=O)O.[H-].[K+]. The number of hydrogen-bond donors (Lipinski definition) is 1. The van der Waals surface area contributed by atoms with Crippen LogP contribution < -0.4 is 51.4 Å². The van der Waals surface area contributed by atoms with Gasteiger partial charge in [0.15, 0.2) is 0 Å². The first-order valence-electron chi connectivity index (χ1n) is 1.09. The van der Waals surface area contributed by atoms with E-state index in [1.807, 2.05) is 0 Å². The summed E-state index contributed by atoms with van der Waals surface area (Å²) in [5, 5.41) is 0. The predicted octanol–water partition coefficient (Wildman–Crippen LogP) is -3.45. The monoisotopic (exact) mass is 152 g/mol. The van der Waals surface area contributed by atoms with Gasteiger partial charge in [-0.2, -0.15) is 8.42 Å². The minimum absolute atomic E-state index is 0. The fourth-order valence-corrected chi connectivity index (χ4v) is 0. The van der Waals surface area contributed by atoms with E-state index in [1.54, 1.807) is 0 Å². The number of hydrogen-bond acceptors (Lipinski definition) is 3. The van der Waals surface area contributed by atoms with E-state index in [1.165, 1.54) is 0 Å². The van der Waals surface area contributed by atoms with Crippen LogP contribution in [0.3, 0.4) is 0 Å². The Morgan fingerprint density at radius 3 is 1.86 bits per heavy atom. The molecule has 0 heterocycles. The maximum absolute atomic E-state index is 9.33. The van der Waals surface area contributed by atoms with E-state index in [-0.39, 0.29) is 52.8 Å². The van der Waals surface area contributed by atoms with Gasteiger partial charge in [-0.25, -0.2) is 0 Å². The molecule has 1 N–H and O–H groups in total. The molecular weight excluding hydrogens is 147 g/mol. The quantitative estimate of drug-likeness (QED) is 0.313. The van der Waals surface area contributed by atoms with Gasteiger partial charge in [-0.1, -0.05) is 0 Å². The van der Waals surface area contributed by atoms with Gasteiger partial charge >= 0.3 is 61.8 Å². The largest absolute Gasteiger partial charge is 1.00 e. The Labute approximate surface area is 86.1 Å². The van der Waals surface area contributed by atoms with E-state index in [9.17, 15) is 8.42 Å². The third kappa shape index (κ3) is 11.2. The van der Waals surface area contributed by atoms with Crippen molar-refractivity contribution in [2.24, 2.45) is 0 Å². The van der Waals surface area contributed by atoms with E-state index < -0.39 is 10.4 Å². The molecule has 0 radical (unpaired) electrons. The Bertz CT molecular complexity index is 118. The van der Waals surface area contributed by atoms with Crippen LogP contribution in [0.25, 0.3) is 0 Å². The molecule has 0 unspecified atom stereocenters. The summed E-state index contributed by atoms with van der Waals surface area (Å²) in [5.41, 5.74) is 0. The second-order valence-corrected chi connectivity index (χ2v) is 1.78. The molecule has 40 valence electrons. The Balaban J connectivity index is -0.000000125. The molecule has 0 aliphatic rings. The molecule has 0 aliphatic carbocycles. The van der Waals surface area contributed by atoms with Crippen LogP contribution >= 0.6 is 0 Å². The summed E-state index contributed by atoms with van der Waals surface area (Å²) >= 11 is 0. The molecule has 0 saturated carbocycles. The third-order valence-electron chi connectivity index (χ3n) is 0.211. The van der Waals surface area contributed by atoms with E-state index in [4.69, 9.17) is 4.55 Å². The van der Waals surface area contributed by atoms with Gasteiger partial charge in [-0.05, 0) is 0 Å². The third-order valence-corrected chi connectivity index (χ3v) is 0.632. The van der Waals surface area contributed by atoms with Crippen LogP contribution in [0, 0.1) is 0 Å². The average molecular weight is 152 g/mol. The van der Waals surface area contributed by atoms with Gasteiger partial charge in [0.1, 0.15) is 0 Å². The molecule has 0 bridgehead atoms. The van der Waals surface area contributed by atoms with Crippen LogP contribution in [0.1, 0.15) is 1.43 Å². The molecule has 6 heteroatoms. The second-order valence-electron chi connectivity index (χ2n) is 0.594. The molecule has 0 rings (SSSR count). The maximum atomic E-state index is 9.33. The van der Waals surface area contributed by atoms with Gasteiger partial charge in [0.2, 0.25) is 0 Å². The Morgan fingerprint density at radius 2 is 1.86 bits per heavy atom. The molecule has 0 aromatic heterocycles. The van der Waals surface area contributed by atoms with Crippen LogP contribution in [0.2, 0.25) is 0 Å². The van der Waals surface area contributed by atoms with Gasteiger partial charge in [0.05, 0.1) is 7.11 Å². The molecule has 7 heavy (non-hydrogen) atoms. The zero-order chi connectivity index (χ0) is 5.21. The molecule has 0 saturated heterocycles. The van der Waals surface area contributed by atoms with Gasteiger partial charge in [-0.15, -0.1) is 0 Å². The van der Waals surface area contributed by atoms with Crippen LogP contribution in [-0.4, -0.2) is 20.1 Å². The Kier molecular flexibility index (Phi) is 7.10. The molecule has 0 spiro atoms. The summed E-state index contributed by atoms with van der Waals surface area (Å²) in [6, 6.07) is 0. The zero-order valence-corrected chi connectivity index (χ0v) is 8.02. The summed E-state index contributed by atoms with van der Waals surface area (Å²) in [6.45, 7) is 0. The van der Waals surface area contributed by atoms with Crippen molar-refractivity contribution in [2.45, 2.75) is 0 Å². The zero-order valence-electron chi connectivity index (χ0n) is 5.08. The summed E-state index contributed by atoms with van der Waals surface area (Å²) in [7, 11) is -3.29. The Morgan fingerprint density at radius 1 is 1.71 bits per heavy atom. The summed E-state index contributed by atoms with van der Waals surface area (Å²) in [5.74, 6) is 0. The molecule has 0 amide bonds. The van der Waals surface area contributed by atoms with Crippen molar-refractivity contribution in [1.29, 1.82) is 0 Å². The van der Waals surface area contributed by atoms with E-state index >= 15 is 0 Å². The van der Waals surface area contributed by atoms with Crippen LogP contribution in [-0.2, 0) is 14.6 Å². The first-order valence-corrected chi connectivity index (χ1v) is 2.46. The first-order chi connectivity index (χ1) is 2.56. The van der Waals surface area contributed by atoms with E-state index in [0.29, 0.717) is 0 Å². The van der Waals surface area contributed by atoms with Crippen molar-refractivity contribution < 1.29 is 70.0 Å². The smallest absolute Gasteiger partial charge is 1.00 e. The van der Waals surface area contributed by atoms with Crippen molar-refractivity contribution in [3.8, 4) is 0 Å². The molecule has 0 aromatic carbocycles. The second kappa shape index (κ2) is 4.39. The Hall–Kier alpha value is 1.51. The fraction of sp³-hybridized carbons (Fsp3) is 1.00. The predicted molar refractivity (Wildman–Crippen MR) is 19.7 cm³/mol. The van der Waals surface area contributed by atoms with Gasteiger partial charge < -0.3 is 1.43 Å². The van der Waals surface area contributed by atoms with Gasteiger partial charge in [0.25, 0.3) is 0 Å². The molecule has 0 aromatic rings. The van der Waals surface area contributed by atoms with Crippen molar-refractivity contribution >= 4 is 10.4 Å². The fourth-order valence-electron chi connectivity index (χ4n) is 0.